The Labute approximate surface area is 109 Å². The van der Waals surface area contributed by atoms with Crippen molar-refractivity contribution in [3.8, 4) is 0 Å². The van der Waals surface area contributed by atoms with Gasteiger partial charge in [0.2, 0.25) is 0 Å². The lowest BCUT2D eigenvalue weighted by Gasteiger charge is -2.10. The highest BCUT2D eigenvalue weighted by atomic mass is 127. The molecule has 1 aromatic heterocycles. The molecule has 0 spiro atoms. The average Bonchev–Trinajstić information content (AvgIpc) is 2.27. The van der Waals surface area contributed by atoms with Crippen molar-refractivity contribution in [3.05, 3.63) is 33.3 Å². The number of hydrogen-bond donors (Lipinski definition) is 1. The van der Waals surface area contributed by atoms with Crippen LogP contribution in [0.4, 0.5) is 18.9 Å². The number of hydrogen-bond acceptors (Lipinski definition) is 2. The number of nitrogens with one attached hydrogen (secondary N) is 1. The molecule has 0 aliphatic rings. The zero-order valence-electron chi connectivity index (χ0n) is 8.77. The van der Waals surface area contributed by atoms with E-state index < -0.39 is 12.2 Å². The van der Waals surface area contributed by atoms with Gasteiger partial charge in [0, 0.05) is 21.7 Å². The number of alkyl halides is 2. The molecule has 0 aliphatic carbocycles. The van der Waals surface area contributed by atoms with Crippen LogP contribution >= 0.6 is 22.6 Å². The molecular weight excluding hydrogens is 344 g/mol. The topological polar surface area (TPSA) is 24.9 Å². The van der Waals surface area contributed by atoms with Crippen LogP contribution in [0.25, 0.3) is 10.9 Å². The first-order valence-electron chi connectivity index (χ1n) is 4.78. The molecule has 0 saturated carbocycles. The van der Waals surface area contributed by atoms with Gasteiger partial charge in [0.05, 0.1) is 5.52 Å². The van der Waals surface area contributed by atoms with Crippen molar-refractivity contribution >= 4 is 39.2 Å². The lowest BCUT2D eigenvalue weighted by molar-refractivity contribution is 0.146. The maximum absolute atomic E-state index is 13.3. The van der Waals surface area contributed by atoms with Gasteiger partial charge < -0.3 is 5.32 Å². The highest BCUT2D eigenvalue weighted by molar-refractivity contribution is 14.1. The quantitative estimate of drug-likeness (QED) is 0.828. The predicted molar refractivity (Wildman–Crippen MR) is 68.9 cm³/mol. The van der Waals surface area contributed by atoms with E-state index in [9.17, 15) is 13.2 Å². The van der Waals surface area contributed by atoms with Crippen molar-refractivity contribution in [1.82, 2.24) is 4.98 Å². The van der Waals surface area contributed by atoms with Crippen molar-refractivity contribution < 1.29 is 13.2 Å². The van der Waals surface area contributed by atoms with Gasteiger partial charge >= 0.3 is 0 Å². The molecule has 0 atom stereocenters. The fourth-order valence-electron chi connectivity index (χ4n) is 1.59. The summed E-state index contributed by atoms with van der Waals surface area (Å²) in [6, 6.07) is 3.79. The number of pyridine rings is 1. The molecule has 2 aromatic rings. The summed E-state index contributed by atoms with van der Waals surface area (Å²) in [5.74, 6) is -0.412. The molecule has 6 heteroatoms. The summed E-state index contributed by atoms with van der Waals surface area (Å²) in [6.07, 6.45) is -2.65. The summed E-state index contributed by atoms with van der Waals surface area (Å²) in [5, 5.41) is 3.28. The minimum atomic E-state index is -2.65. The van der Waals surface area contributed by atoms with Gasteiger partial charge in [0.15, 0.2) is 0 Å². The first-order valence-corrected chi connectivity index (χ1v) is 5.86. The van der Waals surface area contributed by atoms with E-state index in [1.54, 1.807) is 7.05 Å². The zero-order chi connectivity index (χ0) is 12.6. The molecule has 0 unspecified atom stereocenters. The second-order valence-corrected chi connectivity index (χ2v) is 4.59. The first-order chi connectivity index (χ1) is 8.02. The molecule has 0 fully saturated rings. The van der Waals surface area contributed by atoms with Crippen LogP contribution in [0.1, 0.15) is 12.1 Å². The summed E-state index contributed by atoms with van der Waals surface area (Å²) in [6.45, 7) is 0. The zero-order valence-corrected chi connectivity index (χ0v) is 10.9. The molecule has 1 aromatic carbocycles. The molecule has 2 nitrogen and oxygen atoms in total. The lowest BCUT2D eigenvalue weighted by Crippen LogP contribution is -1.99. The van der Waals surface area contributed by atoms with Crippen LogP contribution in [0.5, 0.6) is 0 Å². The Bertz CT molecular complexity index is 572. The number of benzene rings is 1. The fourth-order valence-corrected chi connectivity index (χ4v) is 2.30. The van der Waals surface area contributed by atoms with Crippen LogP contribution in [0.3, 0.4) is 0 Å². The normalized spacial score (nSPS) is 11.2. The Balaban J connectivity index is 2.82. The Morgan fingerprint density at radius 3 is 2.59 bits per heavy atom. The first kappa shape index (κ1) is 12.4. The summed E-state index contributed by atoms with van der Waals surface area (Å²) in [5.41, 5.74) is 0.517. The van der Waals surface area contributed by atoms with E-state index in [1.165, 1.54) is 18.2 Å². The molecule has 1 N–H and O–H groups in total. The Morgan fingerprint density at radius 1 is 1.29 bits per heavy atom. The van der Waals surface area contributed by atoms with Crippen molar-refractivity contribution in [2.75, 3.05) is 12.4 Å². The van der Waals surface area contributed by atoms with E-state index in [2.05, 4.69) is 10.3 Å². The monoisotopic (exact) mass is 352 g/mol. The fraction of sp³-hybridized carbons (Fsp3) is 0.182. The van der Waals surface area contributed by atoms with Crippen LogP contribution in [0, 0.1) is 9.39 Å². The summed E-state index contributed by atoms with van der Waals surface area (Å²) >= 11 is 1.88. The number of anilines is 1. The number of fused-ring (bicyclic) bond motifs is 1. The van der Waals surface area contributed by atoms with E-state index in [1.807, 2.05) is 22.6 Å². The van der Waals surface area contributed by atoms with Gasteiger partial charge in [0.1, 0.15) is 11.5 Å². The standard InChI is InChI=1S/C11H8F3IN2/c1-16-8-4-9(11(13)14)17-10-6(8)2-5(12)3-7(10)15/h2-4,11H,1H3,(H,16,17). The number of nitrogens with zero attached hydrogens (tertiary/aromatic N) is 1. The highest BCUT2D eigenvalue weighted by Crippen LogP contribution is 2.30. The molecule has 0 bridgehead atoms. The summed E-state index contributed by atoms with van der Waals surface area (Å²) < 4.78 is 39.1. The van der Waals surface area contributed by atoms with Gasteiger partial charge in [-0.05, 0) is 40.8 Å². The van der Waals surface area contributed by atoms with E-state index in [0.29, 0.717) is 20.2 Å². The van der Waals surface area contributed by atoms with Gasteiger partial charge in [-0.3, -0.25) is 0 Å². The minimum Gasteiger partial charge on any atom is -0.388 e. The van der Waals surface area contributed by atoms with Crippen molar-refractivity contribution in [3.63, 3.8) is 0 Å². The molecule has 0 radical (unpaired) electrons. The van der Waals surface area contributed by atoms with Gasteiger partial charge in [-0.1, -0.05) is 0 Å². The van der Waals surface area contributed by atoms with Crippen LogP contribution in [0.15, 0.2) is 18.2 Å². The largest absolute Gasteiger partial charge is 0.388 e. The van der Waals surface area contributed by atoms with E-state index in [0.717, 1.165) is 0 Å². The van der Waals surface area contributed by atoms with Crippen molar-refractivity contribution in [2.24, 2.45) is 0 Å². The maximum atomic E-state index is 13.3. The maximum Gasteiger partial charge on any atom is 0.280 e. The SMILES string of the molecule is CNc1cc(C(F)F)nc2c(I)cc(F)cc12. The van der Waals surface area contributed by atoms with Gasteiger partial charge in [-0.2, -0.15) is 0 Å². The third-order valence-electron chi connectivity index (χ3n) is 2.34. The molecule has 2 rings (SSSR count). The number of halogens is 4. The molecule has 0 amide bonds. The predicted octanol–water partition coefficient (Wildman–Crippen LogP) is 3.96. The van der Waals surface area contributed by atoms with Crippen LogP contribution in [-0.2, 0) is 0 Å². The van der Waals surface area contributed by atoms with E-state index in [-0.39, 0.29) is 5.69 Å². The Kier molecular flexibility index (Phi) is 3.41. The average molecular weight is 352 g/mol. The third-order valence-corrected chi connectivity index (χ3v) is 3.17. The molecular formula is C11H8F3IN2. The Morgan fingerprint density at radius 2 is 2.00 bits per heavy atom. The van der Waals surface area contributed by atoms with Crippen LogP contribution in [-0.4, -0.2) is 12.0 Å². The van der Waals surface area contributed by atoms with Crippen molar-refractivity contribution in [1.29, 1.82) is 0 Å². The molecule has 1 heterocycles. The van der Waals surface area contributed by atoms with Gasteiger partial charge in [-0.15, -0.1) is 0 Å². The minimum absolute atomic E-state index is 0.314. The van der Waals surface area contributed by atoms with E-state index >= 15 is 0 Å². The molecule has 0 saturated heterocycles. The second-order valence-electron chi connectivity index (χ2n) is 3.43. The Hall–Kier alpha value is -1.05. The van der Waals surface area contributed by atoms with Gasteiger partial charge in [0.25, 0.3) is 6.43 Å². The lowest BCUT2D eigenvalue weighted by atomic mass is 10.1. The second kappa shape index (κ2) is 4.67. The highest BCUT2D eigenvalue weighted by Gasteiger charge is 2.15. The third kappa shape index (κ3) is 2.31. The van der Waals surface area contributed by atoms with Crippen LogP contribution < -0.4 is 5.32 Å². The number of aromatic nitrogens is 1. The molecule has 0 aliphatic heterocycles. The summed E-state index contributed by atoms with van der Waals surface area (Å²) in [4.78, 5) is 3.86. The molecule has 90 valence electrons. The molecule has 17 heavy (non-hydrogen) atoms. The number of rotatable bonds is 2. The smallest absolute Gasteiger partial charge is 0.280 e. The van der Waals surface area contributed by atoms with Gasteiger partial charge in [-0.25, -0.2) is 18.2 Å². The van der Waals surface area contributed by atoms with E-state index in [4.69, 9.17) is 0 Å². The van der Waals surface area contributed by atoms with Crippen molar-refractivity contribution in [2.45, 2.75) is 6.43 Å². The van der Waals surface area contributed by atoms with Crippen LogP contribution in [0.2, 0.25) is 0 Å². The summed E-state index contributed by atoms with van der Waals surface area (Å²) in [7, 11) is 1.60.